The molecule has 0 bridgehead atoms. The molecule has 0 aliphatic heterocycles. The second-order valence-corrected chi connectivity index (χ2v) is 6.60. The summed E-state index contributed by atoms with van der Waals surface area (Å²) in [6.45, 7) is 4.27. The van der Waals surface area contributed by atoms with Gasteiger partial charge in [-0.05, 0) is 55.8 Å². The van der Waals surface area contributed by atoms with Gasteiger partial charge >= 0.3 is 0 Å². The molecule has 1 aromatic carbocycles. The average Bonchev–Trinajstić information content (AvgIpc) is 3.40. The third kappa shape index (κ3) is 4.19. The van der Waals surface area contributed by atoms with Gasteiger partial charge in [-0.1, -0.05) is 17.7 Å². The first-order valence-electron chi connectivity index (χ1n) is 9.15. The number of aryl methyl sites for hydroxylation is 2. The number of carbonyl (C=O) groups is 1. The van der Waals surface area contributed by atoms with Gasteiger partial charge in [0.25, 0.3) is 5.91 Å². The number of hydrogen-bond acceptors (Lipinski definition) is 5. The molecule has 0 saturated carbocycles. The molecule has 4 aromatic rings. The molecule has 0 saturated heterocycles. The Morgan fingerprint density at radius 2 is 2.03 bits per heavy atom. The van der Waals surface area contributed by atoms with E-state index in [1.54, 1.807) is 53.6 Å². The zero-order valence-corrected chi connectivity index (χ0v) is 16.1. The molecule has 1 N–H and O–H groups in total. The lowest BCUT2D eigenvalue weighted by atomic mass is 10.1. The van der Waals surface area contributed by atoms with Gasteiger partial charge in [-0.25, -0.2) is 9.67 Å². The number of nitrogens with one attached hydrogen (secondary N) is 1. The van der Waals surface area contributed by atoms with Crippen molar-refractivity contribution in [3.8, 4) is 11.6 Å². The van der Waals surface area contributed by atoms with Gasteiger partial charge in [0.15, 0.2) is 11.6 Å². The highest BCUT2D eigenvalue weighted by atomic mass is 16.5. The number of hydrogen-bond donors (Lipinski definition) is 1. The predicted molar refractivity (Wildman–Crippen MR) is 108 cm³/mol. The number of carbonyl (C=O) groups excluding carboxylic acids is 1. The molecule has 0 unspecified atom stereocenters. The maximum atomic E-state index is 12.6. The van der Waals surface area contributed by atoms with Crippen molar-refractivity contribution < 1.29 is 13.9 Å². The average molecular weight is 388 g/mol. The van der Waals surface area contributed by atoms with E-state index in [9.17, 15) is 4.79 Å². The number of aromatic nitrogens is 3. The van der Waals surface area contributed by atoms with Crippen molar-refractivity contribution in [2.75, 3.05) is 5.32 Å². The highest BCUT2D eigenvalue weighted by Gasteiger charge is 2.15. The summed E-state index contributed by atoms with van der Waals surface area (Å²) in [6, 6.07) is 14.6. The van der Waals surface area contributed by atoms with Crippen LogP contribution in [0, 0.1) is 13.8 Å². The van der Waals surface area contributed by atoms with Crippen LogP contribution in [-0.4, -0.2) is 20.7 Å². The number of pyridine rings is 1. The smallest absolute Gasteiger partial charge is 0.291 e. The summed E-state index contributed by atoms with van der Waals surface area (Å²) in [7, 11) is 0. The fraction of sp³-hybridized carbons (Fsp3) is 0.136. The largest absolute Gasteiger partial charge is 0.485 e. The number of nitrogens with zero attached hydrogens (tertiary/aromatic N) is 3. The molecule has 1 amide bonds. The van der Waals surface area contributed by atoms with Crippen LogP contribution in [0.15, 0.2) is 71.5 Å². The van der Waals surface area contributed by atoms with Crippen LogP contribution < -0.4 is 10.1 Å². The fourth-order valence-electron chi connectivity index (χ4n) is 2.94. The minimum atomic E-state index is -0.371. The van der Waals surface area contributed by atoms with Crippen molar-refractivity contribution in [2.45, 2.75) is 20.5 Å². The first kappa shape index (κ1) is 18.5. The van der Waals surface area contributed by atoms with E-state index < -0.39 is 0 Å². The lowest BCUT2D eigenvalue weighted by molar-refractivity contribution is 0.0992. The molecule has 3 heterocycles. The van der Waals surface area contributed by atoms with E-state index in [0.717, 1.165) is 11.3 Å². The minimum absolute atomic E-state index is 0.194. The Morgan fingerprint density at radius 1 is 1.14 bits per heavy atom. The number of amides is 1. The van der Waals surface area contributed by atoms with E-state index in [0.29, 0.717) is 17.3 Å². The summed E-state index contributed by atoms with van der Waals surface area (Å²) in [5.74, 6) is 1.70. The Balaban J connectivity index is 1.44. The molecule has 0 radical (unpaired) electrons. The summed E-state index contributed by atoms with van der Waals surface area (Å²) in [5.41, 5.74) is 2.76. The van der Waals surface area contributed by atoms with Gasteiger partial charge in [0.05, 0.1) is 5.69 Å². The van der Waals surface area contributed by atoms with Crippen molar-refractivity contribution in [3.63, 3.8) is 0 Å². The van der Waals surface area contributed by atoms with Crippen LogP contribution in [0.4, 0.5) is 5.69 Å². The van der Waals surface area contributed by atoms with Crippen LogP contribution in [-0.2, 0) is 6.61 Å². The van der Waals surface area contributed by atoms with E-state index in [-0.39, 0.29) is 18.3 Å². The normalized spacial score (nSPS) is 10.7. The van der Waals surface area contributed by atoms with Crippen molar-refractivity contribution in [2.24, 2.45) is 0 Å². The molecular formula is C22H20N4O3. The highest BCUT2D eigenvalue weighted by molar-refractivity contribution is 6.03. The van der Waals surface area contributed by atoms with Gasteiger partial charge in [-0.2, -0.15) is 5.10 Å². The summed E-state index contributed by atoms with van der Waals surface area (Å²) < 4.78 is 13.0. The molecule has 0 aliphatic carbocycles. The van der Waals surface area contributed by atoms with E-state index in [1.807, 2.05) is 26.0 Å². The molecular weight excluding hydrogens is 368 g/mol. The Hall–Kier alpha value is -3.87. The van der Waals surface area contributed by atoms with Crippen LogP contribution in [0.1, 0.15) is 27.4 Å². The van der Waals surface area contributed by atoms with Gasteiger partial charge in [0, 0.05) is 18.6 Å². The molecule has 0 fully saturated rings. The summed E-state index contributed by atoms with van der Waals surface area (Å²) in [5, 5.41) is 6.98. The van der Waals surface area contributed by atoms with Gasteiger partial charge in [0.2, 0.25) is 0 Å². The minimum Gasteiger partial charge on any atom is -0.485 e. The number of anilines is 1. The highest BCUT2D eigenvalue weighted by Crippen LogP contribution is 2.21. The van der Waals surface area contributed by atoms with Crippen molar-refractivity contribution in [1.29, 1.82) is 0 Å². The number of furan rings is 1. The molecule has 7 nitrogen and oxygen atoms in total. The van der Waals surface area contributed by atoms with E-state index in [4.69, 9.17) is 9.15 Å². The maximum absolute atomic E-state index is 12.6. The first-order valence-corrected chi connectivity index (χ1v) is 9.15. The van der Waals surface area contributed by atoms with Crippen LogP contribution in [0.3, 0.4) is 0 Å². The van der Waals surface area contributed by atoms with E-state index in [1.165, 1.54) is 5.56 Å². The SMILES string of the molecule is Cc1ccc(OCc2ccc(C(=O)Nc3cccnc3-n3cccn3)o2)c(C)c1. The first-order chi connectivity index (χ1) is 14.1. The number of ether oxygens (including phenoxy) is 1. The number of benzene rings is 1. The monoisotopic (exact) mass is 388 g/mol. The fourth-order valence-corrected chi connectivity index (χ4v) is 2.94. The van der Waals surface area contributed by atoms with Gasteiger partial charge in [-0.3, -0.25) is 4.79 Å². The summed E-state index contributed by atoms with van der Waals surface area (Å²) in [6.07, 6.45) is 5.05. The predicted octanol–water partition coefficient (Wildman–Crippen LogP) is 4.31. The van der Waals surface area contributed by atoms with Gasteiger partial charge in [-0.15, -0.1) is 0 Å². The third-order valence-electron chi connectivity index (χ3n) is 4.34. The third-order valence-corrected chi connectivity index (χ3v) is 4.34. The van der Waals surface area contributed by atoms with Crippen LogP contribution in [0.2, 0.25) is 0 Å². The van der Waals surface area contributed by atoms with Crippen molar-refractivity contribution >= 4 is 11.6 Å². The second-order valence-electron chi connectivity index (χ2n) is 6.60. The molecule has 0 aliphatic rings. The van der Waals surface area contributed by atoms with Crippen molar-refractivity contribution in [3.05, 3.63) is 89.8 Å². The Labute approximate surface area is 168 Å². The van der Waals surface area contributed by atoms with Gasteiger partial charge in [0.1, 0.15) is 18.1 Å². The number of rotatable bonds is 6. The molecule has 0 atom stereocenters. The zero-order valence-electron chi connectivity index (χ0n) is 16.1. The van der Waals surface area contributed by atoms with Crippen LogP contribution >= 0.6 is 0 Å². The molecule has 29 heavy (non-hydrogen) atoms. The molecule has 7 heteroatoms. The molecule has 3 aromatic heterocycles. The summed E-state index contributed by atoms with van der Waals surface area (Å²) in [4.78, 5) is 16.9. The standard InChI is InChI=1S/C22H20N4O3/c1-15-6-8-19(16(2)13-15)28-14-17-7-9-20(29-17)22(27)25-18-5-3-10-23-21(18)26-12-4-11-24-26/h3-13H,14H2,1-2H3,(H,25,27). The van der Waals surface area contributed by atoms with Crippen molar-refractivity contribution in [1.82, 2.24) is 14.8 Å². The molecule has 4 rings (SSSR count). The van der Waals surface area contributed by atoms with E-state index >= 15 is 0 Å². The second kappa shape index (κ2) is 8.02. The lowest BCUT2D eigenvalue weighted by Gasteiger charge is -2.09. The molecule has 146 valence electrons. The quantitative estimate of drug-likeness (QED) is 0.532. The Kier molecular flexibility index (Phi) is 5.11. The zero-order chi connectivity index (χ0) is 20.2. The van der Waals surface area contributed by atoms with Gasteiger partial charge < -0.3 is 14.5 Å². The molecule has 0 spiro atoms. The summed E-state index contributed by atoms with van der Waals surface area (Å²) >= 11 is 0. The Bertz CT molecular complexity index is 1130. The van der Waals surface area contributed by atoms with Crippen LogP contribution in [0.25, 0.3) is 5.82 Å². The maximum Gasteiger partial charge on any atom is 0.291 e. The van der Waals surface area contributed by atoms with E-state index in [2.05, 4.69) is 21.5 Å². The lowest BCUT2D eigenvalue weighted by Crippen LogP contribution is -2.14. The Morgan fingerprint density at radius 3 is 2.83 bits per heavy atom. The van der Waals surface area contributed by atoms with Crippen LogP contribution in [0.5, 0.6) is 5.75 Å². The topological polar surface area (TPSA) is 82.2 Å².